The molecule has 8 aliphatic heterocycles. The Morgan fingerprint density at radius 2 is 0.489 bits per heavy atom. The average molecular weight is 2140 g/mol. The van der Waals surface area contributed by atoms with E-state index in [1.807, 2.05) is 16.0 Å². The van der Waals surface area contributed by atoms with Gasteiger partial charge in [0.05, 0.1) is 57.4 Å². The summed E-state index contributed by atoms with van der Waals surface area (Å²) in [6.07, 6.45) is -94.4. The topological polar surface area (TPSA) is 963 Å². The SMILES string of the molecule is COc1ccc(O[C@@H]2O[C@H](C(=O)[O-])[C@@H](O[C@H]3O[C@H](COS(=O)(=O)[O-])[C@@H](O[C@@H]4O[C@H](C(=O)[O-])[C@@H](O[C@H]5O[C@H](COS(=O)(=O)[O-])[C@@H](O[C@@H]6O[C@H](C(=O)[O-])[C@@H](O[C@H]7O[C@H](COS(=O)(=O)[O-])[C@@H](O[C@@H]8O[C@H](C(=O)[O-])[C@@H](O[C@H]9O[C@H](COS(=O)(=O)[O-])[C@@H](O)[C@H](O)[C@H]9NC(C)=O)[C@H](O)[C@H]8O)[C@H](O)[C@H]7NC(C)=O)[C@H](O)[C@H]6O)[C@H](O)[C@H]5NC(C)=O)[C@H](O)[C@H]4O)[C@H](O)[C@H]3NC(C)=O)[C@H](O)[C@H]2O)cc1.[Na+].[Na+].[Na+].[Na+].[Na+].[Na+].[Na+].[Na+]. The Hall–Kier alpha value is 0.940. The maximum absolute atomic E-state index is 13.2. The van der Waals surface area contributed by atoms with Crippen molar-refractivity contribution in [1.82, 2.24) is 21.3 Å². The first-order valence-electron chi connectivity index (χ1n) is 37.2. The van der Waals surface area contributed by atoms with Gasteiger partial charge in [-0.2, -0.15) is 0 Å². The number of carboxylic acid groups (broad SMARTS) is 4. The van der Waals surface area contributed by atoms with Crippen LogP contribution >= 0.6 is 0 Å². The summed E-state index contributed by atoms with van der Waals surface area (Å²) < 4.78 is 253. The van der Waals surface area contributed by atoms with Crippen LogP contribution in [0.3, 0.4) is 0 Å². The van der Waals surface area contributed by atoms with Crippen LogP contribution < -0.4 is 288 Å². The minimum atomic E-state index is -6.00. The van der Waals surface area contributed by atoms with Gasteiger partial charge in [-0.3, -0.25) is 35.9 Å². The Labute approximate surface area is 951 Å². The maximum atomic E-state index is 13.2. The molecule has 8 saturated heterocycles. The molecule has 74 heteroatoms. The Bertz CT molecular complexity index is 4580. The number of aliphatic hydroxyl groups is 13. The van der Waals surface area contributed by atoms with Crippen molar-refractivity contribution in [3.05, 3.63) is 24.3 Å². The first-order chi connectivity index (χ1) is 59.9. The number of carbonyl (C=O) groups excluding carboxylic acids is 8. The van der Waals surface area contributed by atoms with Crippen LogP contribution in [0.25, 0.3) is 0 Å². The number of benzene rings is 1. The molecule has 0 saturated carbocycles. The summed E-state index contributed by atoms with van der Waals surface area (Å²) in [5, 5.41) is 210. The van der Waals surface area contributed by atoms with Crippen molar-refractivity contribution in [1.29, 1.82) is 0 Å². The van der Waals surface area contributed by atoms with Crippen molar-refractivity contribution < 1.29 is 511 Å². The number of carbonyl (C=O) groups is 8. The summed E-state index contributed by atoms with van der Waals surface area (Å²) in [5.74, 6) is -14.2. The molecular formula is C63H84N4Na8O58S4. The molecule has 8 fully saturated rings. The van der Waals surface area contributed by atoms with Crippen molar-refractivity contribution in [2.45, 2.75) is 273 Å². The van der Waals surface area contributed by atoms with Gasteiger partial charge in [0.15, 0.2) is 44.0 Å². The van der Waals surface area contributed by atoms with Gasteiger partial charge in [0.2, 0.25) is 71.5 Å². The zero-order valence-corrected chi connectivity index (χ0v) is 93.3. The second-order valence-corrected chi connectivity index (χ2v) is 33.4. The first kappa shape index (κ1) is 136. The summed E-state index contributed by atoms with van der Waals surface area (Å²) in [5.41, 5.74) is 0. The largest absolute Gasteiger partial charge is 1.00 e. The third-order valence-corrected chi connectivity index (χ3v) is 21.9. The molecule has 17 N–H and O–H groups in total. The van der Waals surface area contributed by atoms with Crippen LogP contribution in [0.1, 0.15) is 27.7 Å². The number of carboxylic acids is 4. The standard InChI is InChI=1S/C63H92N4O58S4.8Na/c1-14(68)64-24-29(73)28(72)20(10-106-126(93,94)95)111-56(24)118-45-34(78)38(82)61(123-49(45)53(87)88)115-42-22(12-108-128(99,100)101)113-58(26(31(42)75)66-16(3)70)120-47-36(80)40(84)63(125-51(47)55(91)92)117-43-23(13-109-129(102,103)104)114-59(27(32(43)76)67-17(4)71)121-46-35(79)39(83)62(124-50(46)54(89)90)116-41-21(11-107-127(96,97)98)112-57(25(30(41)74)65-15(2)69)119-44-33(77)37(81)60(122-48(44)52(85)86)110-19-8-6-18(105-5)7-9-19;;;;;;;;/h6-9,20-51,56-63,72-84H,10-13H2,1-5H3,(H,64,68)(H,65,69)(H,66,70)(H,67,71)(H,85,86)(H,87,88)(H,89,90)(H,91,92)(H,93,94,95)(H,96,97,98)(H,99,100,101)(H,102,103,104);;;;;;;;/q;8*+1/p-8/t20-,21-,22-,23-,24-,25-,26-,27-,28-,29-,30-,31-,32-,33-,34-,35-,36-,37-,38-,39-,40-,41-,42-,43-,44+,45+,46+,47+,48+,49+,50+,51+,56-,57-,58-,59-,60-,61-,62-,63-;;;;;;;;/m1......../s1. The average Bonchev–Trinajstić information content (AvgIpc) is 0.763. The molecule has 40 atom stereocenters. The molecule has 8 heterocycles. The summed E-state index contributed by atoms with van der Waals surface area (Å²) in [6.45, 7) is -3.58. The molecule has 0 unspecified atom stereocenters. The Kier molecular flexibility index (Phi) is 58.1. The second-order valence-electron chi connectivity index (χ2n) is 29.2. The molecular weight excluding hydrogens is 2050 g/mol. The summed E-state index contributed by atoms with van der Waals surface area (Å²) >= 11 is 0. The number of methoxy groups -OCH3 is 1. The maximum Gasteiger partial charge on any atom is 1.00 e. The Morgan fingerprint density at radius 1 is 0.285 bits per heavy atom. The predicted molar refractivity (Wildman–Crippen MR) is 368 cm³/mol. The molecule has 0 radical (unpaired) electrons. The fraction of sp³-hybridized carbons (Fsp3) is 0.778. The van der Waals surface area contributed by atoms with Gasteiger partial charge in [0, 0.05) is 27.7 Å². The number of ether oxygens (including phenoxy) is 17. The van der Waals surface area contributed by atoms with Crippen molar-refractivity contribution >= 4 is 89.1 Å². The molecule has 0 spiro atoms. The van der Waals surface area contributed by atoms with Crippen LogP contribution in [-0.2, 0) is 168 Å². The molecule has 1 aromatic rings. The molecule has 1 aromatic carbocycles. The molecule has 8 aliphatic rings. The van der Waals surface area contributed by atoms with Crippen LogP contribution in [0, 0.1) is 0 Å². The predicted octanol–water partition coefficient (Wildman–Crippen LogP) is -46.8. The van der Waals surface area contributed by atoms with E-state index in [1.54, 1.807) is 0 Å². The Morgan fingerprint density at radius 3 is 0.715 bits per heavy atom. The number of hydrogen-bond acceptors (Lipinski definition) is 58. The van der Waals surface area contributed by atoms with E-state index in [4.69, 9.17) is 80.5 Å². The van der Waals surface area contributed by atoms with E-state index in [9.17, 15) is 177 Å². The van der Waals surface area contributed by atoms with Gasteiger partial charge in [0.1, 0.15) is 207 Å². The number of amides is 4. The minimum Gasteiger partial charge on any atom is -0.726 e. The minimum absolute atomic E-state index is 0. The van der Waals surface area contributed by atoms with Gasteiger partial charge in [-0.15, -0.1) is 0 Å². The van der Waals surface area contributed by atoms with Crippen molar-refractivity contribution in [2.24, 2.45) is 0 Å². The third kappa shape index (κ3) is 36.6. The quantitative estimate of drug-likeness (QED) is 0.0167. The first-order valence-corrected chi connectivity index (χ1v) is 42.5. The molecule has 0 aromatic heterocycles. The molecule has 62 nitrogen and oxygen atoms in total. The van der Waals surface area contributed by atoms with Crippen LogP contribution in [0.2, 0.25) is 0 Å². The summed E-state index contributed by atoms with van der Waals surface area (Å²) in [6, 6.07) is -3.85. The monoisotopic (exact) mass is 2140 g/mol. The van der Waals surface area contributed by atoms with Crippen molar-refractivity contribution in [3.63, 3.8) is 0 Å². The summed E-state index contributed by atoms with van der Waals surface area (Å²) in [4.78, 5) is 103. The number of aliphatic hydroxyl groups excluding tert-OH is 13. The van der Waals surface area contributed by atoms with Crippen molar-refractivity contribution in [3.8, 4) is 11.5 Å². The van der Waals surface area contributed by atoms with Gasteiger partial charge in [0.25, 0.3) is 0 Å². The fourth-order valence-corrected chi connectivity index (χ4v) is 15.6. The summed E-state index contributed by atoms with van der Waals surface area (Å²) in [7, 11) is -22.1. The van der Waals surface area contributed by atoms with E-state index >= 15 is 0 Å². The van der Waals surface area contributed by atoms with E-state index in [0.29, 0.717) is 19.6 Å². The molecule has 137 heavy (non-hydrogen) atoms. The molecule has 0 bridgehead atoms. The smallest absolute Gasteiger partial charge is 0.726 e. The Balaban J connectivity index is 0.0000117. The van der Waals surface area contributed by atoms with Gasteiger partial charge in [-0.25, -0.2) is 33.7 Å². The molecule has 0 aliphatic carbocycles. The zero-order chi connectivity index (χ0) is 96.2. The van der Waals surface area contributed by atoms with E-state index < -0.39 is 361 Å². The van der Waals surface area contributed by atoms with E-state index in [2.05, 4.69) is 22.0 Å². The third-order valence-electron chi connectivity index (χ3n) is 20.2. The molecule has 9 rings (SSSR count). The van der Waals surface area contributed by atoms with E-state index in [1.165, 1.54) is 31.4 Å². The van der Waals surface area contributed by atoms with Gasteiger partial charge < -0.3 is 226 Å². The van der Waals surface area contributed by atoms with Crippen LogP contribution in [0.4, 0.5) is 0 Å². The van der Waals surface area contributed by atoms with E-state index in [-0.39, 0.29) is 242 Å². The van der Waals surface area contributed by atoms with Gasteiger partial charge >= 0.3 is 236 Å². The zero-order valence-electron chi connectivity index (χ0n) is 74.0. The van der Waals surface area contributed by atoms with E-state index in [0.717, 1.165) is 13.8 Å². The molecule has 4 amide bonds. The number of nitrogens with one attached hydrogen (secondary N) is 4. The number of rotatable bonds is 37. The van der Waals surface area contributed by atoms with Gasteiger partial charge in [-0.05, 0) is 24.3 Å². The van der Waals surface area contributed by atoms with Gasteiger partial charge in [-0.1, -0.05) is 0 Å². The van der Waals surface area contributed by atoms with Crippen LogP contribution in [0.5, 0.6) is 11.5 Å². The van der Waals surface area contributed by atoms with Crippen molar-refractivity contribution in [2.75, 3.05) is 33.5 Å². The number of aliphatic carboxylic acids is 4. The molecule has 736 valence electrons. The second kappa shape index (κ2) is 58.5. The normalized spacial score (nSPS) is 38.3. The number of hydrogen-bond donors (Lipinski definition) is 17. The fourth-order valence-electron chi connectivity index (χ4n) is 14.4. The van der Waals surface area contributed by atoms with Crippen LogP contribution in [-0.4, -0.2) is 445 Å². The van der Waals surface area contributed by atoms with Crippen LogP contribution in [0.15, 0.2) is 24.3 Å².